The van der Waals surface area contributed by atoms with Crippen LogP contribution in [0.25, 0.3) is 0 Å². The summed E-state index contributed by atoms with van der Waals surface area (Å²) >= 11 is 0. The smallest absolute Gasteiger partial charge is 0.167 e. The number of hydrogen-bond donors (Lipinski definition) is 2. The Labute approximate surface area is 104 Å². The van der Waals surface area contributed by atoms with Crippen molar-refractivity contribution < 1.29 is 18.7 Å². The van der Waals surface area contributed by atoms with Crippen LogP contribution in [0, 0.1) is 5.82 Å². The summed E-state index contributed by atoms with van der Waals surface area (Å²) in [7, 11) is 1.42. The number of furan rings is 1. The fourth-order valence-corrected chi connectivity index (χ4v) is 1.57. The van der Waals surface area contributed by atoms with E-state index < -0.39 is 5.82 Å². The third-order valence-corrected chi connectivity index (χ3v) is 2.49. The molecule has 0 spiro atoms. The summed E-state index contributed by atoms with van der Waals surface area (Å²) in [5.41, 5.74) is 0.634. The Kier molecular flexibility index (Phi) is 3.84. The van der Waals surface area contributed by atoms with Gasteiger partial charge in [-0.1, -0.05) is 0 Å². The van der Waals surface area contributed by atoms with Crippen molar-refractivity contribution in [1.82, 2.24) is 0 Å². The highest BCUT2D eigenvalue weighted by Gasteiger charge is 2.04. The maximum Gasteiger partial charge on any atom is 0.167 e. The summed E-state index contributed by atoms with van der Waals surface area (Å²) < 4.78 is 23.5. The van der Waals surface area contributed by atoms with Crippen molar-refractivity contribution >= 4 is 5.69 Å². The van der Waals surface area contributed by atoms with Gasteiger partial charge in [-0.2, -0.15) is 0 Å². The molecule has 1 heterocycles. The van der Waals surface area contributed by atoms with Crippen LogP contribution < -0.4 is 10.1 Å². The van der Waals surface area contributed by atoms with Crippen LogP contribution in [-0.4, -0.2) is 12.2 Å². The van der Waals surface area contributed by atoms with E-state index in [9.17, 15) is 4.39 Å². The molecule has 0 amide bonds. The molecule has 0 saturated carbocycles. The number of anilines is 1. The van der Waals surface area contributed by atoms with Crippen LogP contribution in [0.2, 0.25) is 0 Å². The third kappa shape index (κ3) is 2.81. The number of benzene rings is 1. The number of hydrogen-bond acceptors (Lipinski definition) is 4. The number of methoxy groups -OCH3 is 1. The number of aliphatic hydroxyl groups is 1. The second kappa shape index (κ2) is 5.55. The van der Waals surface area contributed by atoms with E-state index in [0.717, 1.165) is 0 Å². The molecule has 0 aliphatic carbocycles. The van der Waals surface area contributed by atoms with Crippen molar-refractivity contribution in [1.29, 1.82) is 0 Å². The minimum atomic E-state index is -0.419. The Hall–Kier alpha value is -2.01. The maximum absolute atomic E-state index is 13.4. The van der Waals surface area contributed by atoms with Gasteiger partial charge in [-0.15, -0.1) is 0 Å². The second-order valence-electron chi connectivity index (χ2n) is 3.73. The molecule has 0 fully saturated rings. The van der Waals surface area contributed by atoms with Crippen molar-refractivity contribution in [2.24, 2.45) is 0 Å². The Morgan fingerprint density at radius 3 is 2.67 bits per heavy atom. The van der Waals surface area contributed by atoms with Gasteiger partial charge in [-0.3, -0.25) is 0 Å². The lowest BCUT2D eigenvalue weighted by molar-refractivity contribution is 0.244. The summed E-state index contributed by atoms with van der Waals surface area (Å²) in [5, 5.41) is 11.9. The summed E-state index contributed by atoms with van der Waals surface area (Å²) in [6.07, 6.45) is 0. The fraction of sp³-hybridized carbons (Fsp3) is 0.231. The van der Waals surface area contributed by atoms with E-state index in [1.807, 2.05) is 0 Å². The molecule has 2 rings (SSSR count). The Morgan fingerprint density at radius 1 is 1.28 bits per heavy atom. The summed E-state index contributed by atoms with van der Waals surface area (Å²) in [6.45, 7) is 0.295. The highest BCUT2D eigenvalue weighted by atomic mass is 19.1. The Balaban J connectivity index is 1.99. The van der Waals surface area contributed by atoms with Crippen molar-refractivity contribution in [3.8, 4) is 5.75 Å². The molecule has 18 heavy (non-hydrogen) atoms. The zero-order valence-electron chi connectivity index (χ0n) is 9.94. The molecule has 0 aliphatic heterocycles. The molecule has 0 unspecified atom stereocenters. The summed E-state index contributed by atoms with van der Waals surface area (Å²) in [5.74, 6) is 0.974. The fourth-order valence-electron chi connectivity index (χ4n) is 1.57. The van der Waals surface area contributed by atoms with Gasteiger partial charge in [-0.25, -0.2) is 4.39 Å². The van der Waals surface area contributed by atoms with Gasteiger partial charge in [0.1, 0.15) is 18.1 Å². The first-order chi connectivity index (χ1) is 8.72. The first-order valence-corrected chi connectivity index (χ1v) is 5.49. The van der Waals surface area contributed by atoms with Crippen LogP contribution in [-0.2, 0) is 13.2 Å². The van der Waals surface area contributed by atoms with Gasteiger partial charge in [0.05, 0.1) is 13.7 Å². The lowest BCUT2D eigenvalue weighted by Gasteiger charge is -2.07. The van der Waals surface area contributed by atoms with Gasteiger partial charge in [-0.05, 0) is 24.3 Å². The minimum absolute atomic E-state index is 0.128. The predicted molar refractivity (Wildman–Crippen MR) is 64.9 cm³/mol. The van der Waals surface area contributed by atoms with E-state index in [-0.39, 0.29) is 12.4 Å². The van der Waals surface area contributed by atoms with Gasteiger partial charge in [0.15, 0.2) is 11.6 Å². The first kappa shape index (κ1) is 12.4. The van der Waals surface area contributed by atoms with E-state index >= 15 is 0 Å². The first-order valence-electron chi connectivity index (χ1n) is 5.49. The number of rotatable bonds is 5. The van der Waals surface area contributed by atoms with Gasteiger partial charge in [0.25, 0.3) is 0 Å². The van der Waals surface area contributed by atoms with Gasteiger partial charge >= 0.3 is 0 Å². The van der Waals surface area contributed by atoms with Crippen LogP contribution in [0.3, 0.4) is 0 Å². The second-order valence-corrected chi connectivity index (χ2v) is 3.73. The molecule has 4 nitrogen and oxygen atoms in total. The van der Waals surface area contributed by atoms with Gasteiger partial charge in [0, 0.05) is 11.8 Å². The maximum atomic E-state index is 13.4. The van der Waals surface area contributed by atoms with Crippen LogP contribution in [0.4, 0.5) is 10.1 Å². The molecule has 96 valence electrons. The largest absolute Gasteiger partial charge is 0.494 e. The number of halogens is 1. The number of ether oxygens (including phenoxy) is 1. The van der Waals surface area contributed by atoms with Crippen LogP contribution in [0.1, 0.15) is 11.5 Å². The quantitative estimate of drug-likeness (QED) is 0.857. The number of aliphatic hydroxyl groups excluding tert-OH is 1. The molecule has 1 aromatic carbocycles. The molecule has 0 atom stereocenters. The molecule has 0 aliphatic rings. The lowest BCUT2D eigenvalue weighted by Crippen LogP contribution is -1.99. The minimum Gasteiger partial charge on any atom is -0.494 e. The van der Waals surface area contributed by atoms with Gasteiger partial charge < -0.3 is 19.6 Å². The monoisotopic (exact) mass is 251 g/mol. The zero-order chi connectivity index (χ0) is 13.0. The van der Waals surface area contributed by atoms with Crippen molar-refractivity contribution in [2.45, 2.75) is 13.2 Å². The normalized spacial score (nSPS) is 10.4. The van der Waals surface area contributed by atoms with Crippen molar-refractivity contribution in [2.75, 3.05) is 12.4 Å². The SMILES string of the molecule is COc1ccc(NCc2ccc(CO)o2)cc1F. The molecule has 2 N–H and O–H groups in total. The van der Waals surface area contributed by atoms with E-state index in [1.165, 1.54) is 13.2 Å². The molecule has 5 heteroatoms. The summed E-state index contributed by atoms with van der Waals surface area (Å²) in [6, 6.07) is 8.09. The van der Waals surface area contributed by atoms with Crippen LogP contribution in [0.15, 0.2) is 34.7 Å². The predicted octanol–water partition coefficient (Wildman–Crippen LogP) is 2.53. The average molecular weight is 251 g/mol. The molecule has 0 saturated heterocycles. The highest BCUT2D eigenvalue weighted by Crippen LogP contribution is 2.21. The highest BCUT2D eigenvalue weighted by molar-refractivity contribution is 5.47. The Morgan fingerprint density at radius 2 is 2.06 bits per heavy atom. The molecule has 0 bridgehead atoms. The van der Waals surface area contributed by atoms with E-state index in [4.69, 9.17) is 14.3 Å². The zero-order valence-corrected chi connectivity index (χ0v) is 9.94. The summed E-state index contributed by atoms with van der Waals surface area (Å²) in [4.78, 5) is 0. The lowest BCUT2D eigenvalue weighted by atomic mass is 10.3. The number of nitrogens with one attached hydrogen (secondary N) is 1. The van der Waals surface area contributed by atoms with Gasteiger partial charge in [0.2, 0.25) is 0 Å². The third-order valence-electron chi connectivity index (χ3n) is 2.49. The van der Waals surface area contributed by atoms with E-state index in [0.29, 0.717) is 23.8 Å². The standard InChI is InChI=1S/C13H14FNO3/c1-17-13-5-2-9(6-12(13)14)15-7-10-3-4-11(8-16)18-10/h2-6,15-16H,7-8H2,1H3. The Bertz CT molecular complexity index is 525. The molecular formula is C13H14FNO3. The van der Waals surface area contributed by atoms with E-state index in [1.54, 1.807) is 24.3 Å². The van der Waals surface area contributed by atoms with Crippen LogP contribution in [0.5, 0.6) is 5.75 Å². The average Bonchev–Trinajstić information content (AvgIpc) is 2.84. The topological polar surface area (TPSA) is 54.6 Å². The molecular weight excluding hydrogens is 237 g/mol. The van der Waals surface area contributed by atoms with Crippen LogP contribution >= 0.6 is 0 Å². The molecule has 1 aromatic heterocycles. The molecule has 0 radical (unpaired) electrons. The van der Waals surface area contributed by atoms with E-state index in [2.05, 4.69) is 5.32 Å². The van der Waals surface area contributed by atoms with Crippen molar-refractivity contribution in [3.05, 3.63) is 47.7 Å². The molecule has 2 aromatic rings. The van der Waals surface area contributed by atoms with Crippen molar-refractivity contribution in [3.63, 3.8) is 0 Å².